The first-order chi connectivity index (χ1) is 23.5. The van der Waals surface area contributed by atoms with Crippen molar-refractivity contribution in [2.45, 2.75) is 97.7 Å². The van der Waals surface area contributed by atoms with E-state index in [-0.39, 0.29) is 49.3 Å². The number of rotatable bonds is 8. The summed E-state index contributed by atoms with van der Waals surface area (Å²) in [6.45, 7) is 10.7. The second-order valence-corrected chi connectivity index (χ2v) is 15.4. The molecule has 2 heterocycles. The van der Waals surface area contributed by atoms with Gasteiger partial charge in [0.2, 0.25) is 17.7 Å². The van der Waals surface area contributed by atoms with E-state index >= 15 is 0 Å². The van der Waals surface area contributed by atoms with E-state index in [0.717, 1.165) is 22.3 Å². The molecule has 272 valence electrons. The van der Waals surface area contributed by atoms with Gasteiger partial charge >= 0.3 is 5.97 Å². The van der Waals surface area contributed by atoms with E-state index in [9.17, 15) is 24.3 Å². The van der Waals surface area contributed by atoms with E-state index in [1.807, 2.05) is 71.0 Å². The Labute approximate surface area is 299 Å². The highest BCUT2D eigenvalue weighted by molar-refractivity contribution is 6.31. The minimum atomic E-state index is -1.49. The maximum Gasteiger partial charge on any atom is 0.328 e. The van der Waals surface area contributed by atoms with Gasteiger partial charge in [0.15, 0.2) is 0 Å². The zero-order valence-electron chi connectivity index (χ0n) is 29.8. The second kappa shape index (κ2) is 16.5. The van der Waals surface area contributed by atoms with E-state index in [0.29, 0.717) is 11.6 Å². The van der Waals surface area contributed by atoms with Crippen LogP contribution in [0.2, 0.25) is 5.02 Å². The number of nitrogens with two attached hydrogens (primary N) is 1. The molecular formula is C38H51ClN4O7. The van der Waals surface area contributed by atoms with Crippen LogP contribution >= 0.6 is 11.6 Å². The van der Waals surface area contributed by atoms with E-state index in [1.165, 1.54) is 13.0 Å². The van der Waals surface area contributed by atoms with Gasteiger partial charge in [0.05, 0.1) is 18.1 Å². The third-order valence-electron chi connectivity index (χ3n) is 9.34. The summed E-state index contributed by atoms with van der Waals surface area (Å²) in [7, 11) is 0. The number of aliphatic hydroxyl groups excluding tert-OH is 1. The summed E-state index contributed by atoms with van der Waals surface area (Å²) in [6, 6.07) is 11.2. The van der Waals surface area contributed by atoms with Crippen molar-refractivity contribution in [3.8, 4) is 0 Å². The molecule has 4 rings (SSSR count). The minimum Gasteiger partial charge on any atom is -0.460 e. The zero-order valence-corrected chi connectivity index (χ0v) is 30.5. The quantitative estimate of drug-likeness (QED) is 0.203. The molecule has 6 N–H and O–H groups in total. The summed E-state index contributed by atoms with van der Waals surface area (Å²) >= 11 is 6.34. The molecule has 11 nitrogen and oxygen atoms in total. The molecule has 2 aliphatic heterocycles. The lowest BCUT2D eigenvalue weighted by molar-refractivity contribution is -0.157. The number of carbonyl (C=O) groups is 4. The number of aliphatic hydroxyl groups is 1. The summed E-state index contributed by atoms with van der Waals surface area (Å²) < 4.78 is 12.2. The molecule has 1 saturated heterocycles. The van der Waals surface area contributed by atoms with Gasteiger partial charge in [-0.2, -0.15) is 0 Å². The minimum absolute atomic E-state index is 0.130. The van der Waals surface area contributed by atoms with Crippen molar-refractivity contribution in [2.24, 2.45) is 22.5 Å². The van der Waals surface area contributed by atoms with Crippen molar-refractivity contribution in [1.29, 1.82) is 0 Å². The SMILES string of the molecule is Cc1ccc(C[C@H]2NC(=O)/C=C/C[C@@H]([C@H](C)[C@H]3O[C@@H]3c3ccc(CN)cc3)OC(=O)[C@H](CC(C)(C)C)NC(=O)C(C)(CO)CNC2=O)cc1Cl. The third kappa shape index (κ3) is 10.4. The van der Waals surface area contributed by atoms with E-state index in [2.05, 4.69) is 16.0 Å². The first-order valence-electron chi connectivity index (χ1n) is 17.1. The normalized spacial score (nSPS) is 28.1. The average molecular weight is 711 g/mol. The molecule has 0 aromatic heterocycles. The fourth-order valence-corrected chi connectivity index (χ4v) is 6.14. The van der Waals surface area contributed by atoms with E-state index in [1.54, 1.807) is 12.1 Å². The molecule has 0 aliphatic carbocycles. The lowest BCUT2D eigenvalue weighted by Crippen LogP contribution is -2.56. The summed E-state index contributed by atoms with van der Waals surface area (Å²) in [5.74, 6) is -2.62. The molecule has 1 unspecified atom stereocenters. The standard InChI is InChI=1S/C38H51ClN4O7/c1-22-10-11-25(16-27(22)39)17-28-34(46)41-20-38(6,21-44)36(48)43-29(18-37(3,4)5)35(47)49-30(8-7-9-31(45)42-28)23(2)32-33(50-32)26-14-12-24(19-40)13-15-26/h7,9-16,23,28-30,32-33,44H,8,17-21,40H2,1-6H3,(H,41,46)(H,42,45)(H,43,48)/b9-7+/t23-,28+,29-,30-,32+,33+,38?/m0/s1. The highest BCUT2D eigenvalue weighted by atomic mass is 35.5. The number of halogens is 1. The molecule has 2 aromatic carbocycles. The second-order valence-electron chi connectivity index (χ2n) is 15.0. The average Bonchev–Trinajstić information content (AvgIpc) is 3.87. The van der Waals surface area contributed by atoms with Crippen molar-refractivity contribution >= 4 is 35.3 Å². The Hall–Kier alpha value is -3.77. The Kier molecular flexibility index (Phi) is 12.9. The molecule has 12 heteroatoms. The Morgan fingerprint density at radius 3 is 2.34 bits per heavy atom. The zero-order chi connectivity index (χ0) is 36.8. The van der Waals surface area contributed by atoms with Crippen molar-refractivity contribution in [1.82, 2.24) is 16.0 Å². The van der Waals surface area contributed by atoms with Crippen LogP contribution in [-0.4, -0.2) is 66.2 Å². The van der Waals surface area contributed by atoms with Crippen LogP contribution in [-0.2, 0) is 41.6 Å². The Balaban J connectivity index is 1.64. The summed E-state index contributed by atoms with van der Waals surface area (Å²) in [6.07, 6.45) is 2.32. The maximum absolute atomic E-state index is 13.9. The molecule has 1 fully saturated rings. The van der Waals surface area contributed by atoms with Gasteiger partial charge in [0.25, 0.3) is 0 Å². The van der Waals surface area contributed by atoms with E-state index in [4.69, 9.17) is 26.8 Å². The summed E-state index contributed by atoms with van der Waals surface area (Å²) in [5.41, 5.74) is 7.46. The lowest BCUT2D eigenvalue weighted by atomic mass is 9.86. The Morgan fingerprint density at radius 1 is 1.04 bits per heavy atom. The van der Waals surface area contributed by atoms with Crippen LogP contribution in [0.15, 0.2) is 54.6 Å². The molecule has 0 radical (unpaired) electrons. The number of epoxide rings is 1. The van der Waals surface area contributed by atoms with Gasteiger partial charge in [0.1, 0.15) is 24.3 Å². The van der Waals surface area contributed by atoms with Crippen LogP contribution in [0.5, 0.6) is 0 Å². The van der Waals surface area contributed by atoms with Gasteiger partial charge in [-0.3, -0.25) is 14.4 Å². The molecule has 0 saturated carbocycles. The predicted molar refractivity (Wildman–Crippen MR) is 191 cm³/mol. The molecule has 0 spiro atoms. The van der Waals surface area contributed by atoms with Gasteiger partial charge in [-0.05, 0) is 60.1 Å². The van der Waals surface area contributed by atoms with Crippen LogP contribution in [0.4, 0.5) is 0 Å². The van der Waals surface area contributed by atoms with Gasteiger partial charge in [-0.15, -0.1) is 0 Å². The number of hydrogen-bond donors (Lipinski definition) is 5. The van der Waals surface area contributed by atoms with Gasteiger partial charge in [-0.25, -0.2) is 4.79 Å². The molecule has 3 amide bonds. The molecule has 2 aliphatic rings. The Bertz CT molecular complexity index is 1570. The number of ether oxygens (including phenoxy) is 2. The van der Waals surface area contributed by atoms with Gasteiger partial charge in [0, 0.05) is 36.9 Å². The highest BCUT2D eigenvalue weighted by Crippen LogP contribution is 2.45. The van der Waals surface area contributed by atoms with Gasteiger partial charge < -0.3 is 36.3 Å². The first kappa shape index (κ1) is 39.0. The number of carbonyl (C=O) groups excluding carboxylic acids is 4. The largest absolute Gasteiger partial charge is 0.460 e. The molecule has 2 aromatic rings. The van der Waals surface area contributed by atoms with Crippen LogP contribution in [0.3, 0.4) is 0 Å². The highest BCUT2D eigenvalue weighted by Gasteiger charge is 2.48. The van der Waals surface area contributed by atoms with Crippen molar-refractivity contribution in [3.05, 3.63) is 81.9 Å². The molecular weight excluding hydrogens is 660 g/mol. The fraction of sp³-hybridized carbons (Fsp3) is 0.526. The molecule has 0 bridgehead atoms. The van der Waals surface area contributed by atoms with E-state index < -0.39 is 53.9 Å². The number of esters is 1. The third-order valence-corrected chi connectivity index (χ3v) is 9.75. The fourth-order valence-electron chi connectivity index (χ4n) is 5.94. The summed E-state index contributed by atoms with van der Waals surface area (Å²) in [5, 5.41) is 19.2. The van der Waals surface area contributed by atoms with Crippen LogP contribution < -0.4 is 21.7 Å². The maximum atomic E-state index is 13.9. The summed E-state index contributed by atoms with van der Waals surface area (Å²) in [4.78, 5) is 54.3. The van der Waals surface area contributed by atoms with Crippen LogP contribution in [0.1, 0.15) is 75.8 Å². The van der Waals surface area contributed by atoms with Crippen molar-refractivity contribution in [3.63, 3.8) is 0 Å². The van der Waals surface area contributed by atoms with Crippen molar-refractivity contribution < 1.29 is 33.8 Å². The topological polar surface area (TPSA) is 172 Å². The molecule has 50 heavy (non-hydrogen) atoms. The smallest absolute Gasteiger partial charge is 0.328 e. The van der Waals surface area contributed by atoms with Gasteiger partial charge in [-0.1, -0.05) is 81.8 Å². The van der Waals surface area contributed by atoms with Crippen LogP contribution in [0, 0.1) is 23.7 Å². The number of cyclic esters (lactones) is 1. The predicted octanol–water partition coefficient (Wildman–Crippen LogP) is 3.82. The monoisotopic (exact) mass is 710 g/mol. The number of nitrogens with one attached hydrogen (secondary N) is 3. The first-order valence-corrected chi connectivity index (χ1v) is 17.5. The lowest BCUT2D eigenvalue weighted by Gasteiger charge is -2.33. The van der Waals surface area contributed by atoms with Crippen LogP contribution in [0.25, 0.3) is 0 Å². The number of amides is 3. The van der Waals surface area contributed by atoms with Crippen molar-refractivity contribution in [2.75, 3.05) is 13.2 Å². The number of benzene rings is 2. The molecule has 7 atom stereocenters. The Morgan fingerprint density at radius 2 is 1.72 bits per heavy atom. The number of aryl methyl sites for hydroxylation is 1. The number of hydrogen-bond acceptors (Lipinski definition) is 8.